The highest BCUT2D eigenvalue weighted by Gasteiger charge is 2.03. The molecule has 0 bridgehead atoms. The third-order valence-electron chi connectivity index (χ3n) is 6.92. The number of nitrogens with zero attached hydrogens (tertiary/aromatic N) is 1. The van der Waals surface area contributed by atoms with Crippen LogP contribution in [0.1, 0.15) is 149 Å². The average Bonchev–Trinajstić information content (AvgIpc) is 2.85. The second kappa shape index (κ2) is 28.6. The molecule has 4 heteroatoms. The number of esters is 1. The van der Waals surface area contributed by atoms with Gasteiger partial charge in [-0.2, -0.15) is 0 Å². The number of unbranched alkanes of at least 4 members (excludes halogenated alkanes) is 18. The molecule has 0 aromatic carbocycles. The summed E-state index contributed by atoms with van der Waals surface area (Å²) in [7, 11) is 0. The molecule has 0 fully saturated rings. The summed E-state index contributed by atoms with van der Waals surface area (Å²) < 4.78 is 10.8. The van der Waals surface area contributed by atoms with Crippen LogP contribution in [0.25, 0.3) is 0 Å². The van der Waals surface area contributed by atoms with E-state index in [2.05, 4.69) is 25.7 Å². The highest BCUT2D eigenvalue weighted by atomic mass is 16.6. The quantitative estimate of drug-likeness (QED) is 0.0823. The summed E-state index contributed by atoms with van der Waals surface area (Å²) in [5.74, 6) is -0.0701. The van der Waals surface area contributed by atoms with Crippen molar-refractivity contribution >= 4 is 5.97 Å². The van der Waals surface area contributed by atoms with Gasteiger partial charge in [0.1, 0.15) is 6.61 Å². The molecule has 0 unspecified atom stereocenters. The lowest BCUT2D eigenvalue weighted by molar-refractivity contribution is -0.145. The Morgan fingerprint density at radius 2 is 0.941 bits per heavy atom. The first-order chi connectivity index (χ1) is 16.7. The van der Waals surface area contributed by atoms with Gasteiger partial charge in [-0.1, -0.05) is 136 Å². The number of hydrogen-bond donors (Lipinski definition) is 0. The molecule has 0 aromatic heterocycles. The minimum Gasteiger partial charge on any atom is -0.463 e. The number of rotatable bonds is 28. The number of likely N-dealkylation sites (N-methyl/N-ethyl adjacent to an activating group) is 1. The Morgan fingerprint density at radius 1 is 0.529 bits per heavy atom. The van der Waals surface area contributed by atoms with Gasteiger partial charge in [0.15, 0.2) is 0 Å². The van der Waals surface area contributed by atoms with Crippen molar-refractivity contribution in [3.8, 4) is 0 Å². The van der Waals surface area contributed by atoms with Crippen molar-refractivity contribution in [2.45, 2.75) is 149 Å². The van der Waals surface area contributed by atoms with E-state index in [1.54, 1.807) is 0 Å². The van der Waals surface area contributed by atoms with E-state index in [1.165, 1.54) is 109 Å². The topological polar surface area (TPSA) is 38.8 Å². The van der Waals surface area contributed by atoms with E-state index in [0.29, 0.717) is 26.2 Å². The van der Waals surface area contributed by atoms with Gasteiger partial charge in [-0.05, 0) is 19.5 Å². The minimum absolute atomic E-state index is 0.0701. The molecule has 4 nitrogen and oxygen atoms in total. The highest BCUT2D eigenvalue weighted by molar-refractivity contribution is 5.69. The monoisotopic (exact) mass is 483 g/mol. The number of carbonyl (C=O) groups excluding carboxylic acids is 1. The second-order valence-corrected chi connectivity index (χ2v) is 9.97. The van der Waals surface area contributed by atoms with Crippen LogP contribution in [0.5, 0.6) is 0 Å². The van der Waals surface area contributed by atoms with Crippen molar-refractivity contribution in [2.75, 3.05) is 39.5 Å². The van der Waals surface area contributed by atoms with E-state index in [-0.39, 0.29) is 5.97 Å². The van der Waals surface area contributed by atoms with Gasteiger partial charge in [-0.15, -0.1) is 0 Å². The van der Waals surface area contributed by atoms with Crippen LogP contribution in [-0.2, 0) is 14.3 Å². The molecule has 0 aliphatic carbocycles. The summed E-state index contributed by atoms with van der Waals surface area (Å²) in [5.41, 5.74) is 0. The SMILES string of the molecule is CCCCCCCCCCCCCCCCCCCCCC(=O)OCCOCCN(CC)CC. The standard InChI is InChI=1S/C30H61NO3/c1-4-7-8-9-10-11-12-13-14-15-16-17-18-19-20-21-22-23-24-25-30(32)34-29-28-33-27-26-31(5-2)6-3/h4-29H2,1-3H3. The largest absolute Gasteiger partial charge is 0.463 e. The van der Waals surface area contributed by atoms with Crippen molar-refractivity contribution in [2.24, 2.45) is 0 Å². The van der Waals surface area contributed by atoms with E-state index in [4.69, 9.17) is 9.47 Å². The lowest BCUT2D eigenvalue weighted by Gasteiger charge is -2.17. The van der Waals surface area contributed by atoms with Crippen LogP contribution in [0.3, 0.4) is 0 Å². The first-order valence-corrected chi connectivity index (χ1v) is 15.2. The minimum atomic E-state index is -0.0701. The molecule has 0 amide bonds. The fourth-order valence-corrected chi connectivity index (χ4v) is 4.47. The lowest BCUT2D eigenvalue weighted by atomic mass is 10.0. The summed E-state index contributed by atoms with van der Waals surface area (Å²) >= 11 is 0. The van der Waals surface area contributed by atoms with Crippen LogP contribution in [0.4, 0.5) is 0 Å². The molecule has 204 valence electrons. The van der Waals surface area contributed by atoms with E-state index < -0.39 is 0 Å². The molecule has 0 heterocycles. The second-order valence-electron chi connectivity index (χ2n) is 9.97. The Balaban J connectivity index is 3.17. The van der Waals surface area contributed by atoms with Gasteiger partial charge in [-0.25, -0.2) is 0 Å². The van der Waals surface area contributed by atoms with E-state index >= 15 is 0 Å². The molecule has 0 radical (unpaired) electrons. The Kier molecular flexibility index (Phi) is 28.1. The molecule has 0 aliphatic heterocycles. The zero-order valence-electron chi connectivity index (χ0n) is 23.6. The van der Waals surface area contributed by atoms with Crippen LogP contribution in [0, 0.1) is 0 Å². The number of hydrogen-bond acceptors (Lipinski definition) is 4. The molecule has 0 N–H and O–H groups in total. The molecule has 34 heavy (non-hydrogen) atoms. The Bertz CT molecular complexity index is 399. The van der Waals surface area contributed by atoms with Crippen molar-refractivity contribution in [3.63, 3.8) is 0 Å². The lowest BCUT2D eigenvalue weighted by Crippen LogP contribution is -2.27. The molecule has 0 atom stereocenters. The third kappa shape index (κ3) is 26.0. The smallest absolute Gasteiger partial charge is 0.305 e. The van der Waals surface area contributed by atoms with Crippen LogP contribution >= 0.6 is 0 Å². The van der Waals surface area contributed by atoms with Crippen LogP contribution < -0.4 is 0 Å². The Morgan fingerprint density at radius 3 is 1.35 bits per heavy atom. The predicted molar refractivity (Wildman–Crippen MR) is 148 cm³/mol. The number of carbonyl (C=O) groups is 1. The van der Waals surface area contributed by atoms with Gasteiger partial charge < -0.3 is 14.4 Å². The predicted octanol–water partition coefficient (Wildman–Crippen LogP) is 8.71. The zero-order chi connectivity index (χ0) is 25.0. The van der Waals surface area contributed by atoms with Crippen LogP contribution in [0.15, 0.2) is 0 Å². The Hall–Kier alpha value is -0.610. The van der Waals surface area contributed by atoms with E-state index in [9.17, 15) is 4.79 Å². The average molecular weight is 484 g/mol. The Labute approximate surface area is 213 Å². The van der Waals surface area contributed by atoms with Crippen molar-refractivity contribution in [3.05, 3.63) is 0 Å². The highest BCUT2D eigenvalue weighted by Crippen LogP contribution is 2.14. The van der Waals surface area contributed by atoms with Gasteiger partial charge in [-0.3, -0.25) is 4.79 Å². The van der Waals surface area contributed by atoms with Gasteiger partial charge in [0.25, 0.3) is 0 Å². The maximum absolute atomic E-state index is 11.8. The fraction of sp³-hybridized carbons (Fsp3) is 0.967. The molecule has 0 aliphatic rings. The summed E-state index contributed by atoms with van der Waals surface area (Å²) in [5, 5.41) is 0. The summed E-state index contributed by atoms with van der Waals surface area (Å²) in [6.07, 6.45) is 26.6. The van der Waals surface area contributed by atoms with Gasteiger partial charge >= 0.3 is 5.97 Å². The van der Waals surface area contributed by atoms with Crippen molar-refractivity contribution in [1.29, 1.82) is 0 Å². The van der Waals surface area contributed by atoms with Gasteiger partial charge in [0, 0.05) is 13.0 Å². The summed E-state index contributed by atoms with van der Waals surface area (Å²) in [4.78, 5) is 14.1. The summed E-state index contributed by atoms with van der Waals surface area (Å²) in [6, 6.07) is 0. The zero-order valence-corrected chi connectivity index (χ0v) is 23.6. The normalized spacial score (nSPS) is 11.4. The molecule has 0 saturated carbocycles. The van der Waals surface area contributed by atoms with E-state index in [1.807, 2.05) is 0 Å². The maximum Gasteiger partial charge on any atom is 0.305 e. The molecule has 0 aromatic rings. The maximum atomic E-state index is 11.8. The molecular formula is C30H61NO3. The molecule has 0 rings (SSSR count). The first-order valence-electron chi connectivity index (χ1n) is 15.2. The molecule has 0 saturated heterocycles. The third-order valence-corrected chi connectivity index (χ3v) is 6.92. The van der Waals surface area contributed by atoms with Crippen LogP contribution in [0.2, 0.25) is 0 Å². The van der Waals surface area contributed by atoms with Gasteiger partial charge in [0.2, 0.25) is 0 Å². The van der Waals surface area contributed by atoms with Crippen molar-refractivity contribution in [1.82, 2.24) is 4.90 Å². The first kappa shape index (κ1) is 33.4. The fourth-order valence-electron chi connectivity index (χ4n) is 4.47. The van der Waals surface area contributed by atoms with Gasteiger partial charge in [0.05, 0.1) is 13.2 Å². The van der Waals surface area contributed by atoms with Crippen molar-refractivity contribution < 1.29 is 14.3 Å². The number of ether oxygens (including phenoxy) is 2. The molecular weight excluding hydrogens is 422 g/mol. The molecule has 0 spiro atoms. The summed E-state index contributed by atoms with van der Waals surface area (Å²) in [6.45, 7) is 11.2. The van der Waals surface area contributed by atoms with E-state index in [0.717, 1.165) is 32.5 Å². The van der Waals surface area contributed by atoms with Crippen LogP contribution in [-0.4, -0.2) is 50.3 Å².